The van der Waals surface area contributed by atoms with E-state index in [9.17, 15) is 9.18 Å². The van der Waals surface area contributed by atoms with Gasteiger partial charge in [0, 0.05) is 26.2 Å². The van der Waals surface area contributed by atoms with Gasteiger partial charge in [-0.05, 0) is 24.6 Å². The van der Waals surface area contributed by atoms with Crippen molar-refractivity contribution in [3.05, 3.63) is 29.0 Å². The SMILES string of the molecule is CCCC(N)C(=O)N1CCN(c2ccc(F)cc2Cl)CC1.Cl. The number of hydrogen-bond donors (Lipinski definition) is 1. The maximum Gasteiger partial charge on any atom is 0.239 e. The molecule has 4 nitrogen and oxygen atoms in total. The number of nitrogens with two attached hydrogens (primary N) is 1. The van der Waals surface area contributed by atoms with Gasteiger partial charge in [0.15, 0.2) is 0 Å². The molecule has 0 spiro atoms. The Kier molecular flexibility index (Phi) is 7.39. The van der Waals surface area contributed by atoms with Crippen molar-refractivity contribution in [2.75, 3.05) is 31.1 Å². The lowest BCUT2D eigenvalue weighted by molar-refractivity contribution is -0.133. The standard InChI is InChI=1S/C15H21ClFN3O.ClH/c1-2-3-13(18)15(21)20-8-6-19(7-9-20)14-5-4-11(17)10-12(14)16;/h4-5,10,13H,2-3,6-9,18H2,1H3;1H. The van der Waals surface area contributed by atoms with Crippen LogP contribution in [0.3, 0.4) is 0 Å². The van der Waals surface area contributed by atoms with Crippen LogP contribution in [0, 0.1) is 5.82 Å². The van der Waals surface area contributed by atoms with E-state index in [2.05, 4.69) is 4.90 Å². The molecule has 1 aliphatic heterocycles. The van der Waals surface area contributed by atoms with Crippen LogP contribution in [-0.4, -0.2) is 43.0 Å². The Morgan fingerprint density at radius 2 is 2.00 bits per heavy atom. The molecule has 1 fully saturated rings. The van der Waals surface area contributed by atoms with Crippen LogP contribution in [0.2, 0.25) is 5.02 Å². The van der Waals surface area contributed by atoms with E-state index < -0.39 is 6.04 Å². The minimum Gasteiger partial charge on any atom is -0.367 e. The summed E-state index contributed by atoms with van der Waals surface area (Å²) < 4.78 is 13.1. The van der Waals surface area contributed by atoms with Gasteiger partial charge in [-0.1, -0.05) is 24.9 Å². The molecule has 0 bridgehead atoms. The maximum atomic E-state index is 13.1. The number of piperazine rings is 1. The zero-order chi connectivity index (χ0) is 15.4. The van der Waals surface area contributed by atoms with E-state index in [1.807, 2.05) is 6.92 Å². The van der Waals surface area contributed by atoms with Gasteiger partial charge in [-0.3, -0.25) is 4.79 Å². The van der Waals surface area contributed by atoms with Crippen LogP contribution < -0.4 is 10.6 Å². The van der Waals surface area contributed by atoms with E-state index >= 15 is 0 Å². The molecule has 7 heteroatoms. The number of amides is 1. The number of rotatable bonds is 4. The van der Waals surface area contributed by atoms with Crippen LogP contribution in [0.5, 0.6) is 0 Å². The average Bonchev–Trinajstić information content (AvgIpc) is 2.47. The predicted octanol–water partition coefficient (Wildman–Crippen LogP) is 2.68. The topological polar surface area (TPSA) is 49.6 Å². The summed E-state index contributed by atoms with van der Waals surface area (Å²) in [5.41, 5.74) is 6.69. The smallest absolute Gasteiger partial charge is 0.239 e. The molecular formula is C15H22Cl2FN3O. The maximum absolute atomic E-state index is 13.1. The highest BCUT2D eigenvalue weighted by Crippen LogP contribution is 2.27. The van der Waals surface area contributed by atoms with E-state index in [4.69, 9.17) is 17.3 Å². The van der Waals surface area contributed by atoms with E-state index in [1.54, 1.807) is 11.0 Å². The molecule has 1 aromatic rings. The van der Waals surface area contributed by atoms with Crippen LogP contribution in [0.1, 0.15) is 19.8 Å². The normalized spacial score (nSPS) is 16.2. The molecule has 0 aliphatic carbocycles. The number of carbonyl (C=O) groups is 1. The Hall–Kier alpha value is -1.04. The van der Waals surface area contributed by atoms with Crippen molar-refractivity contribution in [3.63, 3.8) is 0 Å². The molecule has 1 unspecified atom stereocenters. The molecule has 1 amide bonds. The zero-order valence-corrected chi connectivity index (χ0v) is 14.2. The van der Waals surface area contributed by atoms with Crippen LogP contribution in [0.4, 0.5) is 10.1 Å². The second-order valence-electron chi connectivity index (χ2n) is 5.30. The first-order valence-electron chi connectivity index (χ1n) is 7.27. The fourth-order valence-corrected chi connectivity index (χ4v) is 2.86. The molecule has 124 valence electrons. The van der Waals surface area contributed by atoms with Crippen LogP contribution in [0.15, 0.2) is 18.2 Å². The second-order valence-corrected chi connectivity index (χ2v) is 5.71. The molecule has 2 rings (SSSR count). The minimum absolute atomic E-state index is 0. The van der Waals surface area contributed by atoms with Gasteiger partial charge in [0.1, 0.15) is 5.82 Å². The molecule has 2 N–H and O–H groups in total. The summed E-state index contributed by atoms with van der Waals surface area (Å²) in [6.07, 6.45) is 1.61. The molecule has 0 saturated carbocycles. The quantitative estimate of drug-likeness (QED) is 0.908. The molecule has 1 atom stereocenters. The molecule has 1 saturated heterocycles. The second kappa shape index (κ2) is 8.56. The van der Waals surface area contributed by atoms with Crippen LogP contribution in [0.25, 0.3) is 0 Å². The van der Waals surface area contributed by atoms with Gasteiger partial charge in [-0.15, -0.1) is 12.4 Å². The van der Waals surface area contributed by atoms with Crippen molar-refractivity contribution < 1.29 is 9.18 Å². The van der Waals surface area contributed by atoms with Gasteiger partial charge in [0.25, 0.3) is 0 Å². The summed E-state index contributed by atoms with van der Waals surface area (Å²) in [6, 6.07) is 3.98. The molecule has 1 heterocycles. The van der Waals surface area contributed by atoms with Gasteiger partial charge in [-0.25, -0.2) is 4.39 Å². The van der Waals surface area contributed by atoms with Crippen molar-refractivity contribution >= 4 is 35.6 Å². The summed E-state index contributed by atoms with van der Waals surface area (Å²) in [4.78, 5) is 16.0. The van der Waals surface area contributed by atoms with E-state index in [1.165, 1.54) is 12.1 Å². The lowest BCUT2D eigenvalue weighted by Crippen LogP contribution is -2.53. The summed E-state index contributed by atoms with van der Waals surface area (Å²) in [5.74, 6) is -0.329. The van der Waals surface area contributed by atoms with Gasteiger partial charge < -0.3 is 15.5 Å². The highest BCUT2D eigenvalue weighted by atomic mass is 35.5. The fraction of sp³-hybridized carbons (Fsp3) is 0.533. The molecule has 0 radical (unpaired) electrons. The third-order valence-corrected chi connectivity index (χ3v) is 4.06. The Morgan fingerprint density at radius 1 is 1.36 bits per heavy atom. The predicted molar refractivity (Wildman–Crippen MR) is 90.3 cm³/mol. The highest BCUT2D eigenvalue weighted by Gasteiger charge is 2.25. The Balaban J connectivity index is 0.00000242. The Labute approximate surface area is 141 Å². The third-order valence-electron chi connectivity index (χ3n) is 3.76. The summed E-state index contributed by atoms with van der Waals surface area (Å²) >= 11 is 6.07. The van der Waals surface area contributed by atoms with E-state index in [0.29, 0.717) is 37.6 Å². The van der Waals surface area contributed by atoms with Gasteiger partial charge >= 0.3 is 0 Å². The third kappa shape index (κ3) is 4.48. The van der Waals surface area contributed by atoms with Crippen molar-refractivity contribution in [2.24, 2.45) is 5.73 Å². The highest BCUT2D eigenvalue weighted by molar-refractivity contribution is 6.33. The van der Waals surface area contributed by atoms with Gasteiger partial charge in [-0.2, -0.15) is 0 Å². The number of benzene rings is 1. The van der Waals surface area contributed by atoms with Gasteiger partial charge in [0.2, 0.25) is 5.91 Å². The molecule has 1 aromatic carbocycles. The molecule has 0 aromatic heterocycles. The van der Waals surface area contributed by atoms with E-state index in [0.717, 1.165) is 12.1 Å². The number of halogens is 3. The van der Waals surface area contributed by atoms with Crippen molar-refractivity contribution in [1.82, 2.24) is 4.90 Å². The zero-order valence-electron chi connectivity index (χ0n) is 12.6. The van der Waals surface area contributed by atoms with Crippen LogP contribution in [-0.2, 0) is 4.79 Å². The number of nitrogens with zero attached hydrogens (tertiary/aromatic N) is 2. The van der Waals surface area contributed by atoms with Crippen LogP contribution >= 0.6 is 24.0 Å². The van der Waals surface area contributed by atoms with Gasteiger partial charge in [0.05, 0.1) is 16.8 Å². The first-order valence-corrected chi connectivity index (χ1v) is 7.65. The molecule has 1 aliphatic rings. The number of carbonyl (C=O) groups excluding carboxylic acids is 1. The number of anilines is 1. The minimum atomic E-state index is -0.407. The monoisotopic (exact) mass is 349 g/mol. The lowest BCUT2D eigenvalue weighted by Gasteiger charge is -2.37. The first kappa shape index (κ1) is 19.0. The summed E-state index contributed by atoms with van der Waals surface area (Å²) in [7, 11) is 0. The fourth-order valence-electron chi connectivity index (χ4n) is 2.57. The van der Waals surface area contributed by atoms with Crippen molar-refractivity contribution in [2.45, 2.75) is 25.8 Å². The Bertz CT molecular complexity index is 508. The average molecular weight is 350 g/mol. The van der Waals surface area contributed by atoms with Crippen molar-refractivity contribution in [1.29, 1.82) is 0 Å². The van der Waals surface area contributed by atoms with E-state index in [-0.39, 0.29) is 24.1 Å². The number of hydrogen-bond acceptors (Lipinski definition) is 3. The molecular weight excluding hydrogens is 328 g/mol. The van der Waals surface area contributed by atoms with Crippen molar-refractivity contribution in [3.8, 4) is 0 Å². The largest absolute Gasteiger partial charge is 0.367 e. The lowest BCUT2D eigenvalue weighted by atomic mass is 10.1. The summed E-state index contributed by atoms with van der Waals surface area (Å²) in [6.45, 7) is 4.60. The Morgan fingerprint density at radius 3 is 2.55 bits per heavy atom. The first-order chi connectivity index (χ1) is 10.0. The summed E-state index contributed by atoms with van der Waals surface area (Å²) in [5, 5.41) is 0.400. The molecule has 22 heavy (non-hydrogen) atoms.